The van der Waals surface area contributed by atoms with E-state index in [-0.39, 0.29) is 18.7 Å². The summed E-state index contributed by atoms with van der Waals surface area (Å²) in [6, 6.07) is 5.95. The Labute approximate surface area is 200 Å². The molecule has 4 N–H and O–H groups in total. The molecular weight excluding hydrogens is 505 g/mol. The third kappa shape index (κ3) is 5.66. The summed E-state index contributed by atoms with van der Waals surface area (Å²) in [5, 5.41) is 41.8. The summed E-state index contributed by atoms with van der Waals surface area (Å²) >= 11 is 0. The smallest absolute Gasteiger partial charge is 0.394 e. The molecule has 1 unspecified atom stereocenters. The molecule has 3 rings (SSSR count). The second-order valence-electron chi connectivity index (χ2n) is 8.45. The molecule has 200 valence electrons. The van der Waals surface area contributed by atoms with E-state index in [1.165, 1.54) is 12.1 Å². The zero-order valence-electron chi connectivity index (χ0n) is 18.6. The third-order valence-electron chi connectivity index (χ3n) is 6.09. The van der Waals surface area contributed by atoms with Gasteiger partial charge in [-0.1, -0.05) is 25.1 Å². The highest BCUT2D eigenvalue weighted by Gasteiger charge is 2.57. The molecule has 36 heavy (non-hydrogen) atoms. The van der Waals surface area contributed by atoms with Gasteiger partial charge in [0.25, 0.3) is 0 Å². The molecule has 13 heteroatoms. The van der Waals surface area contributed by atoms with Crippen LogP contribution in [-0.4, -0.2) is 57.2 Å². The standard InChI is InChI=1S/C23H23F7O6/c1-11(13-4-7-15(22(25,26)27)16(8-13)23(28,29)30)21(34)20(19(33)18(32)17(9-31)36-21)35-10-12-2-5-14(24)6-3-12/h2-8,11,17-20,31-34H,9-10H2,1H3/t11?,17-,18+,19+,20-,21-/m1/s1. The second kappa shape index (κ2) is 10.2. The van der Waals surface area contributed by atoms with Gasteiger partial charge in [-0.25, -0.2) is 4.39 Å². The van der Waals surface area contributed by atoms with Crippen LogP contribution in [0.15, 0.2) is 42.5 Å². The molecule has 6 atom stereocenters. The van der Waals surface area contributed by atoms with Crippen molar-refractivity contribution in [2.45, 2.75) is 62.0 Å². The molecule has 0 amide bonds. The number of rotatable bonds is 6. The van der Waals surface area contributed by atoms with E-state index in [0.717, 1.165) is 19.1 Å². The van der Waals surface area contributed by atoms with Gasteiger partial charge in [-0.3, -0.25) is 0 Å². The fraction of sp³-hybridized carbons (Fsp3) is 0.478. The molecule has 1 heterocycles. The van der Waals surface area contributed by atoms with Crippen molar-refractivity contribution < 1.29 is 60.6 Å². The minimum Gasteiger partial charge on any atom is -0.394 e. The van der Waals surface area contributed by atoms with Gasteiger partial charge in [-0.05, 0) is 35.4 Å². The van der Waals surface area contributed by atoms with Crippen LogP contribution in [0.25, 0.3) is 0 Å². The molecule has 1 aliphatic rings. The topological polar surface area (TPSA) is 99.4 Å². The highest BCUT2D eigenvalue weighted by Crippen LogP contribution is 2.45. The molecule has 1 saturated heterocycles. The summed E-state index contributed by atoms with van der Waals surface area (Å²) < 4.78 is 104. The molecule has 6 nitrogen and oxygen atoms in total. The molecule has 0 aromatic heterocycles. The van der Waals surface area contributed by atoms with Crippen molar-refractivity contribution >= 4 is 0 Å². The van der Waals surface area contributed by atoms with E-state index in [1.54, 1.807) is 0 Å². The van der Waals surface area contributed by atoms with Crippen LogP contribution in [0.2, 0.25) is 0 Å². The fourth-order valence-corrected chi connectivity index (χ4v) is 4.05. The Morgan fingerprint density at radius 2 is 1.53 bits per heavy atom. The lowest BCUT2D eigenvalue weighted by Crippen LogP contribution is -2.67. The SMILES string of the molecule is CC(c1ccc(C(F)(F)F)c(C(F)(F)F)c1)[C@@]1(O)O[C@H](CO)[C@H](O)[C@H](O)[C@H]1OCc1ccc(F)cc1. The number of hydrogen-bond donors (Lipinski definition) is 4. The van der Waals surface area contributed by atoms with Crippen molar-refractivity contribution in [3.63, 3.8) is 0 Å². The number of ether oxygens (including phenoxy) is 2. The Morgan fingerprint density at radius 3 is 2.06 bits per heavy atom. The summed E-state index contributed by atoms with van der Waals surface area (Å²) in [4.78, 5) is 0. The maximum Gasteiger partial charge on any atom is 0.417 e. The van der Waals surface area contributed by atoms with Crippen LogP contribution in [-0.2, 0) is 28.4 Å². The highest BCUT2D eigenvalue weighted by molar-refractivity contribution is 5.38. The van der Waals surface area contributed by atoms with Gasteiger partial charge >= 0.3 is 12.4 Å². The second-order valence-corrected chi connectivity index (χ2v) is 8.45. The van der Waals surface area contributed by atoms with Gasteiger partial charge in [0.2, 0.25) is 5.79 Å². The molecule has 0 aliphatic carbocycles. The summed E-state index contributed by atoms with van der Waals surface area (Å²) in [5.74, 6) is -4.83. The number of halogens is 7. The lowest BCUT2D eigenvalue weighted by Gasteiger charge is -2.50. The number of alkyl halides is 6. The predicted molar refractivity (Wildman–Crippen MR) is 109 cm³/mol. The third-order valence-corrected chi connectivity index (χ3v) is 6.09. The zero-order chi connectivity index (χ0) is 27.1. The highest BCUT2D eigenvalue weighted by atomic mass is 19.4. The molecular formula is C23H23F7O6. The Morgan fingerprint density at radius 1 is 0.944 bits per heavy atom. The maximum atomic E-state index is 13.5. The minimum atomic E-state index is -5.39. The number of hydrogen-bond acceptors (Lipinski definition) is 6. The van der Waals surface area contributed by atoms with Crippen LogP contribution in [0.1, 0.15) is 35.1 Å². The van der Waals surface area contributed by atoms with Gasteiger partial charge in [-0.15, -0.1) is 0 Å². The Kier molecular flexibility index (Phi) is 8.04. The summed E-state index contributed by atoms with van der Waals surface area (Å²) in [6.45, 7) is -0.174. The van der Waals surface area contributed by atoms with Gasteiger partial charge < -0.3 is 29.9 Å². The van der Waals surface area contributed by atoms with Crippen LogP contribution in [0.5, 0.6) is 0 Å². The van der Waals surface area contributed by atoms with Crippen molar-refractivity contribution in [2.24, 2.45) is 0 Å². The monoisotopic (exact) mass is 528 g/mol. The van der Waals surface area contributed by atoms with Gasteiger partial charge in [0.15, 0.2) is 0 Å². The van der Waals surface area contributed by atoms with Gasteiger partial charge in [0.05, 0.1) is 24.3 Å². The molecule has 2 aromatic carbocycles. The molecule has 0 radical (unpaired) electrons. The normalized spacial score (nSPS) is 28.2. The Bertz CT molecular complexity index is 1040. The molecule has 1 aliphatic heterocycles. The average molecular weight is 528 g/mol. The maximum absolute atomic E-state index is 13.5. The number of benzene rings is 2. The molecule has 2 aromatic rings. The molecule has 0 saturated carbocycles. The first-order valence-corrected chi connectivity index (χ1v) is 10.6. The fourth-order valence-electron chi connectivity index (χ4n) is 4.05. The van der Waals surface area contributed by atoms with E-state index in [0.29, 0.717) is 11.6 Å². The lowest BCUT2D eigenvalue weighted by atomic mass is 9.81. The first-order chi connectivity index (χ1) is 16.6. The summed E-state index contributed by atoms with van der Waals surface area (Å²) in [7, 11) is 0. The van der Waals surface area contributed by atoms with Crippen LogP contribution < -0.4 is 0 Å². The molecule has 1 fully saturated rings. The van der Waals surface area contributed by atoms with Crippen molar-refractivity contribution in [1.29, 1.82) is 0 Å². The van der Waals surface area contributed by atoms with Gasteiger partial charge in [-0.2, -0.15) is 26.3 Å². The molecule has 0 bridgehead atoms. The number of aliphatic hydroxyl groups excluding tert-OH is 3. The van der Waals surface area contributed by atoms with E-state index in [1.807, 2.05) is 0 Å². The Balaban J connectivity index is 2.02. The molecule has 0 spiro atoms. The van der Waals surface area contributed by atoms with Crippen LogP contribution in [0.3, 0.4) is 0 Å². The van der Waals surface area contributed by atoms with Crippen LogP contribution >= 0.6 is 0 Å². The first kappa shape index (κ1) is 28.3. The van der Waals surface area contributed by atoms with Gasteiger partial charge in [0, 0.05) is 5.92 Å². The van der Waals surface area contributed by atoms with E-state index in [4.69, 9.17) is 9.47 Å². The van der Waals surface area contributed by atoms with E-state index >= 15 is 0 Å². The van der Waals surface area contributed by atoms with Crippen molar-refractivity contribution in [1.82, 2.24) is 0 Å². The van der Waals surface area contributed by atoms with E-state index in [2.05, 4.69) is 0 Å². The quantitative estimate of drug-likeness (QED) is 0.430. The minimum absolute atomic E-state index is 0.206. The zero-order valence-corrected chi connectivity index (χ0v) is 18.6. The van der Waals surface area contributed by atoms with E-state index < -0.39 is 77.6 Å². The van der Waals surface area contributed by atoms with E-state index in [9.17, 15) is 51.2 Å². The lowest BCUT2D eigenvalue weighted by molar-refractivity contribution is -0.365. The predicted octanol–water partition coefficient (Wildman–Crippen LogP) is 3.35. The first-order valence-electron chi connectivity index (χ1n) is 10.6. The Hall–Kier alpha value is -2.29. The van der Waals surface area contributed by atoms with Crippen molar-refractivity contribution in [2.75, 3.05) is 6.61 Å². The largest absolute Gasteiger partial charge is 0.417 e. The summed E-state index contributed by atoms with van der Waals surface area (Å²) in [6.07, 6.45) is -17.9. The van der Waals surface area contributed by atoms with Gasteiger partial charge in [0.1, 0.15) is 30.2 Å². The van der Waals surface area contributed by atoms with Crippen molar-refractivity contribution in [3.8, 4) is 0 Å². The van der Waals surface area contributed by atoms with Crippen molar-refractivity contribution in [3.05, 3.63) is 70.5 Å². The number of aliphatic hydroxyl groups is 4. The summed E-state index contributed by atoms with van der Waals surface area (Å²) in [5.41, 5.74) is -4.03. The average Bonchev–Trinajstić information content (AvgIpc) is 2.80. The van der Waals surface area contributed by atoms with Crippen LogP contribution in [0, 0.1) is 5.82 Å². The van der Waals surface area contributed by atoms with Crippen LogP contribution in [0.4, 0.5) is 30.7 Å².